The van der Waals surface area contributed by atoms with Gasteiger partial charge in [0.1, 0.15) is 0 Å². The molecule has 3 nitrogen and oxygen atoms in total. The zero-order valence-electron chi connectivity index (χ0n) is 8.90. The highest BCUT2D eigenvalue weighted by molar-refractivity contribution is 5.32. The highest BCUT2D eigenvalue weighted by Crippen LogP contribution is 2.05. The maximum atomic E-state index is 8.70. The summed E-state index contributed by atoms with van der Waals surface area (Å²) in [5.74, 6) is 0. The summed E-state index contributed by atoms with van der Waals surface area (Å²) in [5.41, 5.74) is 1.71. The lowest BCUT2D eigenvalue weighted by molar-refractivity contribution is 0.0928. The Morgan fingerprint density at radius 1 is 1.33 bits per heavy atom. The average Bonchev–Trinajstić information content (AvgIpc) is 2.29. The van der Waals surface area contributed by atoms with E-state index in [9.17, 15) is 0 Å². The fourth-order valence-electron chi connectivity index (χ4n) is 1.23. The van der Waals surface area contributed by atoms with Gasteiger partial charge in [-0.25, -0.2) is 0 Å². The Morgan fingerprint density at radius 2 is 2.20 bits per heavy atom. The van der Waals surface area contributed by atoms with Crippen molar-refractivity contribution >= 4 is 0 Å². The topological polar surface area (TPSA) is 42.2 Å². The van der Waals surface area contributed by atoms with Crippen molar-refractivity contribution in [1.29, 1.82) is 5.26 Å². The first kappa shape index (κ1) is 11.7. The van der Waals surface area contributed by atoms with Gasteiger partial charge in [-0.05, 0) is 24.1 Å². The number of nitrogens with zero attached hydrogens (tertiary/aromatic N) is 1. The molecule has 1 aromatic carbocycles. The summed E-state index contributed by atoms with van der Waals surface area (Å²) >= 11 is 0. The average molecular weight is 205 g/mol. The van der Waals surface area contributed by atoms with Gasteiger partial charge in [-0.2, -0.15) is 5.26 Å². The SMILES string of the molecule is COCCCOCc1cccc(C#N)c1. The first-order chi connectivity index (χ1) is 7.36. The third-order valence-corrected chi connectivity index (χ3v) is 1.96. The molecule has 0 aliphatic carbocycles. The van der Waals surface area contributed by atoms with E-state index < -0.39 is 0 Å². The van der Waals surface area contributed by atoms with E-state index in [2.05, 4.69) is 6.07 Å². The minimum absolute atomic E-state index is 0.555. The van der Waals surface area contributed by atoms with Crippen molar-refractivity contribution < 1.29 is 9.47 Å². The Morgan fingerprint density at radius 3 is 2.93 bits per heavy atom. The summed E-state index contributed by atoms with van der Waals surface area (Å²) in [5, 5.41) is 8.70. The van der Waals surface area contributed by atoms with E-state index in [1.807, 2.05) is 18.2 Å². The van der Waals surface area contributed by atoms with Gasteiger partial charge in [0.05, 0.1) is 18.2 Å². The molecular formula is C12H15NO2. The van der Waals surface area contributed by atoms with E-state index in [-0.39, 0.29) is 0 Å². The van der Waals surface area contributed by atoms with Crippen LogP contribution < -0.4 is 0 Å². The molecule has 1 rings (SSSR count). The second kappa shape index (κ2) is 6.99. The third-order valence-electron chi connectivity index (χ3n) is 1.96. The molecule has 15 heavy (non-hydrogen) atoms. The molecule has 0 saturated heterocycles. The fourth-order valence-corrected chi connectivity index (χ4v) is 1.23. The number of rotatable bonds is 6. The number of ether oxygens (including phenoxy) is 2. The van der Waals surface area contributed by atoms with Gasteiger partial charge in [-0.15, -0.1) is 0 Å². The molecular weight excluding hydrogens is 190 g/mol. The second-order valence-electron chi connectivity index (χ2n) is 3.21. The summed E-state index contributed by atoms with van der Waals surface area (Å²) in [4.78, 5) is 0. The first-order valence-corrected chi connectivity index (χ1v) is 4.92. The molecule has 80 valence electrons. The van der Waals surface area contributed by atoms with Crippen LogP contribution in [-0.4, -0.2) is 20.3 Å². The molecule has 3 heteroatoms. The van der Waals surface area contributed by atoms with Gasteiger partial charge in [0.25, 0.3) is 0 Å². The van der Waals surface area contributed by atoms with Crippen LogP contribution in [0.1, 0.15) is 17.5 Å². The van der Waals surface area contributed by atoms with Crippen LogP contribution in [0.3, 0.4) is 0 Å². The molecule has 0 spiro atoms. The Labute approximate surface area is 90.2 Å². The van der Waals surface area contributed by atoms with Crippen molar-refractivity contribution in [3.63, 3.8) is 0 Å². The van der Waals surface area contributed by atoms with Gasteiger partial charge in [0, 0.05) is 20.3 Å². The van der Waals surface area contributed by atoms with E-state index in [1.54, 1.807) is 13.2 Å². The molecule has 1 aromatic rings. The number of methoxy groups -OCH3 is 1. The highest BCUT2D eigenvalue weighted by atomic mass is 16.5. The highest BCUT2D eigenvalue weighted by Gasteiger charge is 1.95. The Kier molecular flexibility index (Phi) is 5.46. The fraction of sp³-hybridized carbons (Fsp3) is 0.417. The number of hydrogen-bond donors (Lipinski definition) is 0. The molecule has 0 bridgehead atoms. The summed E-state index contributed by atoms with van der Waals surface area (Å²) in [7, 11) is 1.68. The number of nitriles is 1. The van der Waals surface area contributed by atoms with Gasteiger partial charge in [0.15, 0.2) is 0 Å². The van der Waals surface area contributed by atoms with Crippen LogP contribution in [0.2, 0.25) is 0 Å². The van der Waals surface area contributed by atoms with Gasteiger partial charge in [-0.1, -0.05) is 12.1 Å². The van der Waals surface area contributed by atoms with E-state index in [0.717, 1.165) is 18.6 Å². The van der Waals surface area contributed by atoms with Crippen molar-refractivity contribution in [2.75, 3.05) is 20.3 Å². The van der Waals surface area contributed by atoms with Crippen molar-refractivity contribution in [3.05, 3.63) is 35.4 Å². The molecule has 0 aromatic heterocycles. The van der Waals surface area contributed by atoms with Crippen LogP contribution in [0, 0.1) is 11.3 Å². The normalized spacial score (nSPS) is 9.87. The molecule has 0 unspecified atom stereocenters. The molecule has 0 N–H and O–H groups in total. The zero-order chi connectivity index (χ0) is 10.9. The van der Waals surface area contributed by atoms with Crippen molar-refractivity contribution in [2.24, 2.45) is 0 Å². The van der Waals surface area contributed by atoms with Crippen molar-refractivity contribution in [1.82, 2.24) is 0 Å². The lowest BCUT2D eigenvalue weighted by Gasteiger charge is -2.04. The molecule has 0 aliphatic heterocycles. The monoisotopic (exact) mass is 205 g/mol. The van der Waals surface area contributed by atoms with Crippen LogP contribution >= 0.6 is 0 Å². The van der Waals surface area contributed by atoms with Gasteiger partial charge >= 0.3 is 0 Å². The van der Waals surface area contributed by atoms with E-state index in [4.69, 9.17) is 14.7 Å². The third kappa shape index (κ3) is 4.59. The van der Waals surface area contributed by atoms with Gasteiger partial charge in [0.2, 0.25) is 0 Å². The molecule has 0 fully saturated rings. The van der Waals surface area contributed by atoms with Crippen LogP contribution in [-0.2, 0) is 16.1 Å². The van der Waals surface area contributed by atoms with Crippen LogP contribution in [0.15, 0.2) is 24.3 Å². The van der Waals surface area contributed by atoms with Gasteiger partial charge in [-0.3, -0.25) is 0 Å². The van der Waals surface area contributed by atoms with Crippen LogP contribution in [0.5, 0.6) is 0 Å². The summed E-state index contributed by atoms with van der Waals surface area (Å²) < 4.78 is 10.3. The van der Waals surface area contributed by atoms with Crippen molar-refractivity contribution in [3.8, 4) is 6.07 Å². The minimum atomic E-state index is 0.555. The predicted octanol–water partition coefficient (Wildman–Crippen LogP) is 2.11. The number of benzene rings is 1. The number of hydrogen-bond acceptors (Lipinski definition) is 3. The standard InChI is InChI=1S/C12H15NO2/c1-14-6-3-7-15-10-12-5-2-4-11(8-12)9-13/h2,4-5,8H,3,6-7,10H2,1H3. The maximum Gasteiger partial charge on any atom is 0.0991 e. The first-order valence-electron chi connectivity index (χ1n) is 4.92. The van der Waals surface area contributed by atoms with Crippen LogP contribution in [0.4, 0.5) is 0 Å². The molecule has 0 saturated carbocycles. The Hall–Kier alpha value is -1.37. The van der Waals surface area contributed by atoms with Crippen molar-refractivity contribution in [2.45, 2.75) is 13.0 Å². The lowest BCUT2D eigenvalue weighted by atomic mass is 10.1. The van der Waals surface area contributed by atoms with E-state index in [1.165, 1.54) is 0 Å². The van der Waals surface area contributed by atoms with E-state index >= 15 is 0 Å². The molecule has 0 atom stereocenters. The van der Waals surface area contributed by atoms with Gasteiger partial charge < -0.3 is 9.47 Å². The lowest BCUT2D eigenvalue weighted by Crippen LogP contribution is -1.99. The largest absolute Gasteiger partial charge is 0.385 e. The summed E-state index contributed by atoms with van der Waals surface area (Å²) in [6.07, 6.45) is 0.897. The Balaban J connectivity index is 2.28. The minimum Gasteiger partial charge on any atom is -0.385 e. The molecule has 0 aliphatic rings. The Bertz CT molecular complexity index is 331. The van der Waals surface area contributed by atoms with Crippen LogP contribution in [0.25, 0.3) is 0 Å². The van der Waals surface area contributed by atoms with E-state index in [0.29, 0.717) is 18.8 Å². The summed E-state index contributed by atoms with van der Waals surface area (Å²) in [6, 6.07) is 9.56. The maximum absolute atomic E-state index is 8.70. The summed E-state index contributed by atoms with van der Waals surface area (Å²) in [6.45, 7) is 1.96. The molecule has 0 heterocycles. The smallest absolute Gasteiger partial charge is 0.0991 e. The predicted molar refractivity (Wildman–Crippen MR) is 57.3 cm³/mol. The molecule has 0 amide bonds. The molecule has 0 radical (unpaired) electrons. The zero-order valence-corrected chi connectivity index (χ0v) is 8.90. The second-order valence-corrected chi connectivity index (χ2v) is 3.21. The quantitative estimate of drug-likeness (QED) is 0.668.